The molecule has 4 nitrogen and oxygen atoms in total. The molecule has 2 amide bonds. The summed E-state index contributed by atoms with van der Waals surface area (Å²) < 4.78 is 0. The third kappa shape index (κ3) is 3.10. The van der Waals surface area contributed by atoms with Crippen molar-refractivity contribution in [2.75, 3.05) is 5.32 Å². The molecule has 4 rings (SSSR count). The van der Waals surface area contributed by atoms with Gasteiger partial charge in [-0.3, -0.25) is 9.59 Å². The minimum absolute atomic E-state index is 0.213. The van der Waals surface area contributed by atoms with E-state index in [1.807, 2.05) is 36.4 Å². The Hall–Kier alpha value is -2.66. The maximum absolute atomic E-state index is 12.8. The fourth-order valence-corrected chi connectivity index (χ4v) is 4.89. The topological polar surface area (TPSA) is 72.2 Å². The van der Waals surface area contributed by atoms with E-state index in [1.165, 1.54) is 22.6 Å². The molecule has 0 bridgehead atoms. The Balaban J connectivity index is 1.67. The van der Waals surface area contributed by atoms with E-state index in [-0.39, 0.29) is 5.91 Å². The zero-order valence-electron chi connectivity index (χ0n) is 14.4. The van der Waals surface area contributed by atoms with Gasteiger partial charge in [-0.1, -0.05) is 36.8 Å². The Labute approximate surface area is 156 Å². The molecular weight excluding hydrogens is 344 g/mol. The van der Waals surface area contributed by atoms with E-state index >= 15 is 0 Å². The molecule has 3 aromatic rings. The fraction of sp³-hybridized carbons (Fsp3) is 0.238. The van der Waals surface area contributed by atoms with E-state index in [2.05, 4.69) is 5.32 Å². The number of carbonyl (C=O) groups excluding carboxylic acids is 2. The molecule has 2 aromatic carbocycles. The van der Waals surface area contributed by atoms with E-state index in [0.29, 0.717) is 16.1 Å². The van der Waals surface area contributed by atoms with E-state index in [9.17, 15) is 9.59 Å². The van der Waals surface area contributed by atoms with Crippen LogP contribution in [0.15, 0.2) is 42.5 Å². The molecule has 1 aliphatic carbocycles. The number of nitrogens with two attached hydrogens (primary N) is 1. The maximum Gasteiger partial charge on any atom is 0.256 e. The van der Waals surface area contributed by atoms with Gasteiger partial charge in [0, 0.05) is 10.4 Å². The minimum Gasteiger partial charge on any atom is -0.365 e. The van der Waals surface area contributed by atoms with E-state index in [4.69, 9.17) is 5.73 Å². The van der Waals surface area contributed by atoms with Crippen molar-refractivity contribution in [3.63, 3.8) is 0 Å². The molecule has 132 valence electrons. The molecule has 1 heterocycles. The first-order valence-corrected chi connectivity index (χ1v) is 9.69. The van der Waals surface area contributed by atoms with Crippen LogP contribution in [0.5, 0.6) is 0 Å². The van der Waals surface area contributed by atoms with Gasteiger partial charge < -0.3 is 11.1 Å². The summed E-state index contributed by atoms with van der Waals surface area (Å²) in [7, 11) is 0. The van der Waals surface area contributed by atoms with E-state index < -0.39 is 5.91 Å². The number of aryl methyl sites for hydroxylation is 1. The first-order chi connectivity index (χ1) is 12.6. The van der Waals surface area contributed by atoms with Crippen LogP contribution >= 0.6 is 11.3 Å². The lowest BCUT2D eigenvalue weighted by Crippen LogP contribution is -2.18. The highest BCUT2D eigenvalue weighted by Crippen LogP contribution is 2.37. The van der Waals surface area contributed by atoms with Gasteiger partial charge in [0.15, 0.2) is 0 Å². The number of primary amides is 1. The molecule has 0 saturated heterocycles. The van der Waals surface area contributed by atoms with Crippen LogP contribution in [0.3, 0.4) is 0 Å². The van der Waals surface area contributed by atoms with Gasteiger partial charge in [0.05, 0.1) is 5.56 Å². The summed E-state index contributed by atoms with van der Waals surface area (Å²) >= 11 is 1.50. The number of thiophene rings is 1. The van der Waals surface area contributed by atoms with E-state index in [1.54, 1.807) is 6.07 Å². The number of carbonyl (C=O) groups is 2. The summed E-state index contributed by atoms with van der Waals surface area (Å²) in [5.41, 5.74) is 7.75. The molecule has 1 aromatic heterocycles. The molecule has 26 heavy (non-hydrogen) atoms. The maximum atomic E-state index is 12.8. The van der Waals surface area contributed by atoms with Gasteiger partial charge >= 0.3 is 0 Å². The number of hydrogen-bond acceptors (Lipinski definition) is 3. The summed E-state index contributed by atoms with van der Waals surface area (Å²) in [6.45, 7) is 0. The molecule has 1 aliphatic rings. The number of hydrogen-bond donors (Lipinski definition) is 2. The third-order valence-electron chi connectivity index (χ3n) is 4.91. The summed E-state index contributed by atoms with van der Waals surface area (Å²) in [4.78, 5) is 26.0. The van der Waals surface area contributed by atoms with Crippen LogP contribution in [-0.2, 0) is 12.8 Å². The molecule has 0 spiro atoms. The number of nitrogens with one attached hydrogen (secondary N) is 1. The second-order valence-electron chi connectivity index (χ2n) is 6.65. The van der Waals surface area contributed by atoms with Gasteiger partial charge in [-0.2, -0.15) is 0 Å². The lowest BCUT2D eigenvalue weighted by molar-refractivity contribution is 0.100. The second-order valence-corrected chi connectivity index (χ2v) is 7.75. The molecular formula is C21H20N2O2S. The van der Waals surface area contributed by atoms with Crippen molar-refractivity contribution in [2.45, 2.75) is 32.1 Å². The average Bonchev–Trinajstić information content (AvgIpc) is 2.82. The molecule has 0 radical (unpaired) electrons. The van der Waals surface area contributed by atoms with Gasteiger partial charge in [0.2, 0.25) is 0 Å². The standard InChI is InChI=1S/C21H20N2O2S/c22-19(24)18-16-8-2-1-3-9-17(16)26-21(18)23-20(25)15-11-10-13-6-4-5-7-14(13)12-15/h4-7,10-12H,1-3,8-9H2,(H2,22,24)(H,23,25). The highest BCUT2D eigenvalue weighted by Gasteiger charge is 2.24. The van der Waals surface area contributed by atoms with Crippen LogP contribution in [0.2, 0.25) is 0 Å². The zero-order valence-corrected chi connectivity index (χ0v) is 15.2. The van der Waals surface area contributed by atoms with E-state index in [0.717, 1.165) is 42.0 Å². The summed E-state index contributed by atoms with van der Waals surface area (Å²) in [6.07, 6.45) is 5.15. The second kappa shape index (κ2) is 6.92. The predicted molar refractivity (Wildman–Crippen MR) is 106 cm³/mol. The van der Waals surface area contributed by atoms with Crippen molar-refractivity contribution in [3.8, 4) is 0 Å². The van der Waals surface area contributed by atoms with Crippen molar-refractivity contribution >= 4 is 38.9 Å². The lowest BCUT2D eigenvalue weighted by atomic mass is 10.0. The van der Waals surface area contributed by atoms with Gasteiger partial charge in [-0.15, -0.1) is 11.3 Å². The molecule has 0 unspecified atom stereocenters. The monoisotopic (exact) mass is 364 g/mol. The zero-order chi connectivity index (χ0) is 18.1. The van der Waals surface area contributed by atoms with Crippen molar-refractivity contribution in [1.29, 1.82) is 0 Å². The highest BCUT2D eigenvalue weighted by molar-refractivity contribution is 7.17. The normalized spacial score (nSPS) is 13.8. The number of amides is 2. The number of fused-ring (bicyclic) bond motifs is 2. The van der Waals surface area contributed by atoms with Crippen LogP contribution in [-0.4, -0.2) is 11.8 Å². The lowest BCUT2D eigenvalue weighted by Gasteiger charge is -2.07. The quantitative estimate of drug-likeness (QED) is 0.671. The predicted octanol–water partition coefficient (Wildman–Crippen LogP) is 4.52. The van der Waals surface area contributed by atoms with Crippen LogP contribution in [0.4, 0.5) is 5.00 Å². The third-order valence-corrected chi connectivity index (χ3v) is 6.11. The molecule has 3 N–H and O–H groups in total. The summed E-state index contributed by atoms with van der Waals surface area (Å²) in [6, 6.07) is 13.5. The van der Waals surface area contributed by atoms with Gasteiger partial charge in [-0.25, -0.2) is 0 Å². The fourth-order valence-electron chi connectivity index (χ4n) is 3.60. The smallest absolute Gasteiger partial charge is 0.256 e. The number of anilines is 1. The van der Waals surface area contributed by atoms with Crippen molar-refractivity contribution < 1.29 is 9.59 Å². The van der Waals surface area contributed by atoms with Gasteiger partial charge in [0.1, 0.15) is 5.00 Å². The molecule has 5 heteroatoms. The average molecular weight is 364 g/mol. The highest BCUT2D eigenvalue weighted by atomic mass is 32.1. The Morgan fingerprint density at radius 3 is 2.54 bits per heavy atom. The van der Waals surface area contributed by atoms with Crippen LogP contribution < -0.4 is 11.1 Å². The van der Waals surface area contributed by atoms with Crippen LogP contribution in [0.25, 0.3) is 10.8 Å². The van der Waals surface area contributed by atoms with Crippen molar-refractivity contribution in [3.05, 3.63) is 64.0 Å². The molecule has 0 atom stereocenters. The largest absolute Gasteiger partial charge is 0.365 e. The van der Waals surface area contributed by atoms with Crippen molar-refractivity contribution in [2.24, 2.45) is 5.73 Å². The molecule has 0 fully saturated rings. The SMILES string of the molecule is NC(=O)c1c(NC(=O)c2ccc3ccccc3c2)sc2c1CCCCC2. The first kappa shape index (κ1) is 16.8. The Morgan fingerprint density at radius 1 is 0.962 bits per heavy atom. The Morgan fingerprint density at radius 2 is 1.73 bits per heavy atom. The van der Waals surface area contributed by atoms with Gasteiger partial charge in [0.25, 0.3) is 11.8 Å². The summed E-state index contributed by atoms with van der Waals surface area (Å²) in [5, 5.41) is 5.61. The number of rotatable bonds is 3. The van der Waals surface area contributed by atoms with Crippen LogP contribution in [0.1, 0.15) is 50.4 Å². The Kier molecular flexibility index (Phi) is 4.47. The van der Waals surface area contributed by atoms with Gasteiger partial charge in [-0.05, 0) is 54.2 Å². The number of benzene rings is 2. The van der Waals surface area contributed by atoms with Crippen molar-refractivity contribution in [1.82, 2.24) is 0 Å². The first-order valence-electron chi connectivity index (χ1n) is 8.88. The van der Waals surface area contributed by atoms with Crippen LogP contribution in [0, 0.1) is 0 Å². The summed E-state index contributed by atoms with van der Waals surface area (Å²) in [5.74, 6) is -0.673. The minimum atomic E-state index is -0.460. The Bertz CT molecular complexity index is 1010. The molecule has 0 saturated carbocycles. The molecule has 0 aliphatic heterocycles.